The fraction of sp³-hybridized carbons (Fsp3) is 0.706. The maximum absolute atomic E-state index is 4.48. The van der Waals surface area contributed by atoms with Crippen LogP contribution in [0.5, 0.6) is 0 Å². The van der Waals surface area contributed by atoms with Crippen molar-refractivity contribution in [2.24, 2.45) is 11.8 Å². The topological polar surface area (TPSA) is 28.2 Å². The fourth-order valence-corrected chi connectivity index (χ4v) is 2.80. The van der Waals surface area contributed by atoms with Gasteiger partial charge in [0.1, 0.15) is 0 Å². The summed E-state index contributed by atoms with van der Waals surface area (Å²) in [5, 5.41) is 3.51. The zero-order chi connectivity index (χ0) is 14.7. The Morgan fingerprint density at radius 2 is 2.10 bits per heavy atom. The molecule has 0 saturated carbocycles. The van der Waals surface area contributed by atoms with Gasteiger partial charge in [0, 0.05) is 48.8 Å². The maximum atomic E-state index is 4.48. The van der Waals surface area contributed by atoms with E-state index in [0.29, 0.717) is 6.04 Å². The van der Waals surface area contributed by atoms with Gasteiger partial charge in [-0.2, -0.15) is 0 Å². The normalized spacial score (nSPS) is 23.4. The molecular weight excluding hydrogens is 246 g/mol. The Bertz CT molecular complexity index is 442. The molecule has 1 aromatic heterocycles. The first kappa shape index (κ1) is 15.3. The molecular formula is C17H29N3. The number of aromatic nitrogens is 1. The van der Waals surface area contributed by atoms with Crippen LogP contribution in [-0.4, -0.2) is 24.1 Å². The van der Waals surface area contributed by atoms with Gasteiger partial charge in [-0.15, -0.1) is 0 Å². The van der Waals surface area contributed by atoms with E-state index in [1.165, 1.54) is 30.8 Å². The van der Waals surface area contributed by atoms with E-state index >= 15 is 0 Å². The van der Waals surface area contributed by atoms with E-state index in [1.807, 2.05) is 6.20 Å². The molecule has 2 heterocycles. The molecule has 1 fully saturated rings. The Morgan fingerprint density at radius 3 is 2.75 bits per heavy atom. The summed E-state index contributed by atoms with van der Waals surface area (Å²) in [5.41, 5.74) is 3.81. The number of pyridine rings is 1. The van der Waals surface area contributed by atoms with Crippen molar-refractivity contribution < 1.29 is 0 Å². The van der Waals surface area contributed by atoms with Crippen LogP contribution >= 0.6 is 0 Å². The molecule has 0 radical (unpaired) electrons. The summed E-state index contributed by atoms with van der Waals surface area (Å²) in [7, 11) is 0. The van der Waals surface area contributed by atoms with Gasteiger partial charge in [0.15, 0.2) is 0 Å². The maximum Gasteiger partial charge on any atom is 0.0445 e. The smallest absolute Gasteiger partial charge is 0.0445 e. The van der Waals surface area contributed by atoms with Crippen molar-refractivity contribution in [3.63, 3.8) is 0 Å². The van der Waals surface area contributed by atoms with E-state index in [4.69, 9.17) is 0 Å². The average Bonchev–Trinajstić information content (AvgIpc) is 2.40. The number of hydrogen-bond donors (Lipinski definition) is 1. The molecule has 1 aromatic rings. The lowest BCUT2D eigenvalue weighted by Crippen LogP contribution is -2.39. The fourth-order valence-electron chi connectivity index (χ4n) is 2.80. The lowest BCUT2D eigenvalue weighted by Gasteiger charge is -2.38. The highest BCUT2D eigenvalue weighted by molar-refractivity contribution is 5.54. The van der Waals surface area contributed by atoms with Crippen molar-refractivity contribution in [3.8, 4) is 0 Å². The molecule has 2 rings (SSSR count). The Kier molecular flexibility index (Phi) is 5.03. The molecule has 1 aliphatic heterocycles. The number of nitrogens with one attached hydrogen (secondary N) is 1. The van der Waals surface area contributed by atoms with Gasteiger partial charge in [-0.05, 0) is 31.2 Å². The van der Waals surface area contributed by atoms with Crippen LogP contribution in [0.15, 0.2) is 12.3 Å². The predicted molar refractivity (Wildman–Crippen MR) is 86.1 cm³/mol. The van der Waals surface area contributed by atoms with Crippen LogP contribution in [0.25, 0.3) is 0 Å². The number of anilines is 1. The average molecular weight is 275 g/mol. The molecule has 0 aliphatic carbocycles. The molecule has 0 bridgehead atoms. The first-order chi connectivity index (χ1) is 9.47. The quantitative estimate of drug-likeness (QED) is 0.913. The third-order valence-electron chi connectivity index (χ3n) is 4.47. The monoisotopic (exact) mass is 275 g/mol. The van der Waals surface area contributed by atoms with Gasteiger partial charge in [-0.1, -0.05) is 27.7 Å². The molecule has 2 atom stereocenters. The van der Waals surface area contributed by atoms with Crippen molar-refractivity contribution >= 4 is 5.69 Å². The second-order valence-corrected chi connectivity index (χ2v) is 6.68. The number of hydrogen-bond acceptors (Lipinski definition) is 3. The molecule has 20 heavy (non-hydrogen) atoms. The molecule has 1 N–H and O–H groups in total. The van der Waals surface area contributed by atoms with Crippen molar-refractivity contribution in [3.05, 3.63) is 23.5 Å². The highest BCUT2D eigenvalue weighted by atomic mass is 15.1. The summed E-state index contributed by atoms with van der Waals surface area (Å²) < 4.78 is 0. The number of nitrogens with zero attached hydrogens (tertiary/aromatic N) is 2. The van der Waals surface area contributed by atoms with E-state index in [-0.39, 0.29) is 0 Å². The SMILES string of the molecule is Cc1cc(N2CCC(C)C(C)C2)c(CNC(C)C)cn1. The summed E-state index contributed by atoms with van der Waals surface area (Å²) >= 11 is 0. The van der Waals surface area contributed by atoms with Gasteiger partial charge in [-0.3, -0.25) is 4.98 Å². The Balaban J connectivity index is 2.18. The van der Waals surface area contributed by atoms with E-state index in [9.17, 15) is 0 Å². The molecule has 1 aliphatic rings. The van der Waals surface area contributed by atoms with Crippen molar-refractivity contribution in [1.29, 1.82) is 0 Å². The van der Waals surface area contributed by atoms with E-state index < -0.39 is 0 Å². The molecule has 2 unspecified atom stereocenters. The minimum atomic E-state index is 0.504. The Hall–Kier alpha value is -1.09. The third-order valence-corrected chi connectivity index (χ3v) is 4.47. The summed E-state index contributed by atoms with van der Waals surface area (Å²) in [5.74, 6) is 1.61. The van der Waals surface area contributed by atoms with Gasteiger partial charge in [-0.25, -0.2) is 0 Å². The van der Waals surface area contributed by atoms with E-state index in [2.05, 4.69) is 55.9 Å². The molecule has 3 heteroatoms. The van der Waals surface area contributed by atoms with E-state index in [1.54, 1.807) is 0 Å². The second-order valence-electron chi connectivity index (χ2n) is 6.68. The minimum Gasteiger partial charge on any atom is -0.371 e. The van der Waals surface area contributed by atoms with Gasteiger partial charge in [0.25, 0.3) is 0 Å². The van der Waals surface area contributed by atoms with Crippen molar-refractivity contribution in [2.45, 2.75) is 53.6 Å². The Morgan fingerprint density at radius 1 is 1.35 bits per heavy atom. The number of rotatable bonds is 4. The van der Waals surface area contributed by atoms with E-state index in [0.717, 1.165) is 24.1 Å². The third kappa shape index (κ3) is 3.72. The summed E-state index contributed by atoms with van der Waals surface area (Å²) in [6, 6.07) is 2.75. The predicted octanol–water partition coefficient (Wildman–Crippen LogP) is 3.37. The number of piperidine rings is 1. The van der Waals surface area contributed by atoms with Crippen molar-refractivity contribution in [2.75, 3.05) is 18.0 Å². The molecule has 0 aromatic carbocycles. The van der Waals surface area contributed by atoms with Crippen LogP contribution < -0.4 is 10.2 Å². The van der Waals surface area contributed by atoms with Crippen LogP contribution in [0.1, 0.15) is 45.4 Å². The zero-order valence-corrected chi connectivity index (χ0v) is 13.6. The minimum absolute atomic E-state index is 0.504. The summed E-state index contributed by atoms with van der Waals surface area (Å²) in [6.45, 7) is 14.4. The van der Waals surface area contributed by atoms with Gasteiger partial charge in [0.05, 0.1) is 0 Å². The Labute approximate surface area is 123 Å². The highest BCUT2D eigenvalue weighted by Gasteiger charge is 2.24. The standard InChI is InChI=1S/C17H29N3/c1-12(2)18-9-16-10-19-15(5)8-17(16)20-7-6-13(3)14(4)11-20/h8,10,12-14,18H,6-7,9,11H2,1-5H3. The van der Waals surface area contributed by atoms with Crippen LogP contribution in [0, 0.1) is 18.8 Å². The highest BCUT2D eigenvalue weighted by Crippen LogP contribution is 2.29. The van der Waals surface area contributed by atoms with Gasteiger partial charge in [0.2, 0.25) is 0 Å². The van der Waals surface area contributed by atoms with Crippen LogP contribution in [0.2, 0.25) is 0 Å². The van der Waals surface area contributed by atoms with Gasteiger partial charge >= 0.3 is 0 Å². The van der Waals surface area contributed by atoms with Crippen LogP contribution in [-0.2, 0) is 6.54 Å². The summed E-state index contributed by atoms with van der Waals surface area (Å²) in [6.07, 6.45) is 3.34. The largest absolute Gasteiger partial charge is 0.371 e. The zero-order valence-electron chi connectivity index (χ0n) is 13.6. The molecule has 1 saturated heterocycles. The molecule has 112 valence electrons. The van der Waals surface area contributed by atoms with Gasteiger partial charge < -0.3 is 10.2 Å². The van der Waals surface area contributed by atoms with Crippen LogP contribution in [0.4, 0.5) is 5.69 Å². The molecule has 0 amide bonds. The lowest BCUT2D eigenvalue weighted by atomic mass is 9.88. The molecule has 3 nitrogen and oxygen atoms in total. The van der Waals surface area contributed by atoms with Crippen molar-refractivity contribution in [1.82, 2.24) is 10.3 Å². The number of aryl methyl sites for hydroxylation is 1. The summed E-state index contributed by atoms with van der Waals surface area (Å²) in [4.78, 5) is 7.03. The first-order valence-corrected chi connectivity index (χ1v) is 7.91. The first-order valence-electron chi connectivity index (χ1n) is 7.91. The molecule has 0 spiro atoms. The lowest BCUT2D eigenvalue weighted by molar-refractivity contribution is 0.323. The second kappa shape index (κ2) is 6.57. The van der Waals surface area contributed by atoms with Crippen LogP contribution in [0.3, 0.4) is 0 Å².